The van der Waals surface area contributed by atoms with Crippen molar-refractivity contribution in [2.75, 3.05) is 19.0 Å². The van der Waals surface area contributed by atoms with Gasteiger partial charge >= 0.3 is 5.69 Å². The van der Waals surface area contributed by atoms with E-state index in [2.05, 4.69) is 5.32 Å². The molecule has 0 atom stereocenters. The third kappa shape index (κ3) is 4.79. The fourth-order valence-corrected chi connectivity index (χ4v) is 2.15. The van der Waals surface area contributed by atoms with Crippen molar-refractivity contribution in [3.05, 3.63) is 64.0 Å². The number of benzene rings is 2. The van der Waals surface area contributed by atoms with E-state index in [0.717, 1.165) is 12.1 Å². The summed E-state index contributed by atoms with van der Waals surface area (Å²) in [7, 11) is 1.51. The predicted molar refractivity (Wildman–Crippen MR) is 94.9 cm³/mol. The Bertz CT molecular complexity index is 851. The van der Waals surface area contributed by atoms with Crippen LogP contribution in [0.5, 0.6) is 11.5 Å². The molecule has 1 N–H and O–H groups in total. The van der Waals surface area contributed by atoms with Crippen molar-refractivity contribution in [1.29, 1.82) is 0 Å². The van der Waals surface area contributed by atoms with Crippen LogP contribution in [0.25, 0.3) is 6.08 Å². The predicted octanol–water partition coefficient (Wildman–Crippen LogP) is 3.79. The Hall–Kier alpha value is -3.42. The molecule has 7 nitrogen and oxygen atoms in total. The van der Waals surface area contributed by atoms with Gasteiger partial charge < -0.3 is 14.8 Å². The zero-order valence-electron chi connectivity index (χ0n) is 14.2. The van der Waals surface area contributed by atoms with Crippen LogP contribution in [-0.2, 0) is 4.79 Å². The molecule has 0 bridgehead atoms. The first kappa shape index (κ1) is 18.9. The summed E-state index contributed by atoms with van der Waals surface area (Å²) >= 11 is 0. The van der Waals surface area contributed by atoms with Crippen LogP contribution in [0, 0.1) is 15.9 Å². The van der Waals surface area contributed by atoms with Gasteiger partial charge in [0.25, 0.3) is 0 Å². The summed E-state index contributed by atoms with van der Waals surface area (Å²) < 4.78 is 23.9. The second-order valence-corrected chi connectivity index (χ2v) is 5.09. The van der Waals surface area contributed by atoms with Crippen LogP contribution in [-0.4, -0.2) is 24.5 Å². The van der Waals surface area contributed by atoms with Crippen LogP contribution in [0.4, 0.5) is 15.8 Å². The number of methoxy groups -OCH3 is 1. The minimum Gasteiger partial charge on any atom is -0.493 e. The lowest BCUT2D eigenvalue weighted by atomic mass is 10.2. The van der Waals surface area contributed by atoms with Gasteiger partial charge in [0.15, 0.2) is 11.5 Å². The minimum atomic E-state index is -0.968. The van der Waals surface area contributed by atoms with Crippen molar-refractivity contribution in [2.24, 2.45) is 0 Å². The summed E-state index contributed by atoms with van der Waals surface area (Å²) in [6, 6.07) is 8.31. The minimum absolute atomic E-state index is 0.122. The molecule has 1 amide bonds. The quantitative estimate of drug-likeness (QED) is 0.461. The second kappa shape index (κ2) is 8.61. The highest BCUT2D eigenvalue weighted by molar-refractivity contribution is 6.02. The first-order chi connectivity index (χ1) is 12.4. The molecular weight excluding hydrogens is 343 g/mol. The number of carbonyl (C=O) groups is 1. The number of nitrogens with zero attached hydrogens (tertiary/aromatic N) is 1. The first-order valence-corrected chi connectivity index (χ1v) is 7.68. The Labute approximate surface area is 149 Å². The Morgan fingerprint density at radius 2 is 2.04 bits per heavy atom. The van der Waals surface area contributed by atoms with Crippen LogP contribution in [0.2, 0.25) is 0 Å². The number of nitro groups is 1. The fraction of sp³-hybridized carbons (Fsp3) is 0.167. The number of ether oxygens (including phenoxy) is 2. The summed E-state index contributed by atoms with van der Waals surface area (Å²) in [5.74, 6) is -0.359. The molecule has 26 heavy (non-hydrogen) atoms. The largest absolute Gasteiger partial charge is 0.493 e. The van der Waals surface area contributed by atoms with E-state index in [9.17, 15) is 19.3 Å². The number of halogens is 1. The number of hydrogen-bond donors (Lipinski definition) is 1. The summed E-state index contributed by atoms with van der Waals surface area (Å²) in [5, 5.41) is 13.2. The normalized spacial score (nSPS) is 10.6. The number of nitrogens with one attached hydrogen (secondary N) is 1. The third-order valence-corrected chi connectivity index (χ3v) is 3.33. The monoisotopic (exact) mass is 360 g/mol. The number of carbonyl (C=O) groups excluding carboxylic acids is 1. The molecule has 0 aliphatic heterocycles. The molecule has 0 aliphatic carbocycles. The maximum absolute atomic E-state index is 13.3. The number of anilines is 1. The van der Waals surface area contributed by atoms with Gasteiger partial charge in [0.05, 0.1) is 18.6 Å². The van der Waals surface area contributed by atoms with Gasteiger partial charge in [0.1, 0.15) is 0 Å². The van der Waals surface area contributed by atoms with Gasteiger partial charge in [0, 0.05) is 17.8 Å². The molecule has 8 heteroatoms. The molecule has 0 heterocycles. The number of hydrogen-bond acceptors (Lipinski definition) is 5. The summed E-state index contributed by atoms with van der Waals surface area (Å²) in [6.07, 6.45) is 2.80. The SMILES string of the molecule is CCOc1ccc(C=CC(=O)Nc2ccc(F)c([N+](=O)[O-])c2)cc1OC. The highest BCUT2D eigenvalue weighted by Crippen LogP contribution is 2.28. The van der Waals surface area contributed by atoms with Crippen molar-refractivity contribution in [3.8, 4) is 11.5 Å². The van der Waals surface area contributed by atoms with Crippen molar-refractivity contribution < 1.29 is 23.6 Å². The highest BCUT2D eigenvalue weighted by atomic mass is 19.1. The van der Waals surface area contributed by atoms with Gasteiger partial charge in [-0.2, -0.15) is 4.39 Å². The molecule has 0 unspecified atom stereocenters. The molecule has 0 aromatic heterocycles. The smallest absolute Gasteiger partial charge is 0.306 e. The van der Waals surface area contributed by atoms with Crippen LogP contribution >= 0.6 is 0 Å². The standard InChI is InChI=1S/C18H17FN2O5/c1-3-26-16-8-4-12(10-17(16)25-2)5-9-18(22)20-13-6-7-14(19)15(11-13)21(23)24/h4-11H,3H2,1-2H3,(H,20,22). The highest BCUT2D eigenvalue weighted by Gasteiger charge is 2.14. The van der Waals surface area contributed by atoms with Gasteiger partial charge in [-0.05, 0) is 42.8 Å². The lowest BCUT2D eigenvalue weighted by Crippen LogP contribution is -2.08. The fourth-order valence-electron chi connectivity index (χ4n) is 2.15. The van der Waals surface area contributed by atoms with Crippen LogP contribution in [0.15, 0.2) is 42.5 Å². The molecule has 0 saturated heterocycles. The van der Waals surface area contributed by atoms with Crippen molar-refractivity contribution in [1.82, 2.24) is 0 Å². The van der Waals surface area contributed by atoms with E-state index in [-0.39, 0.29) is 5.69 Å². The van der Waals surface area contributed by atoms with E-state index < -0.39 is 22.3 Å². The molecule has 0 saturated carbocycles. The number of rotatable bonds is 7. The van der Waals surface area contributed by atoms with Gasteiger partial charge in [-0.15, -0.1) is 0 Å². The second-order valence-electron chi connectivity index (χ2n) is 5.09. The van der Waals surface area contributed by atoms with Gasteiger partial charge in [-0.25, -0.2) is 0 Å². The Balaban J connectivity index is 2.10. The molecule has 0 fully saturated rings. The molecular formula is C18H17FN2O5. The van der Waals surface area contributed by atoms with Gasteiger partial charge in [0.2, 0.25) is 11.7 Å². The van der Waals surface area contributed by atoms with Gasteiger partial charge in [-0.1, -0.05) is 6.07 Å². The van der Waals surface area contributed by atoms with E-state index in [1.54, 1.807) is 24.3 Å². The Kier molecular flexibility index (Phi) is 6.26. The van der Waals surface area contributed by atoms with E-state index in [4.69, 9.17) is 9.47 Å². The topological polar surface area (TPSA) is 90.7 Å². The zero-order valence-corrected chi connectivity index (χ0v) is 14.2. The molecule has 0 aliphatic rings. The molecule has 2 aromatic rings. The third-order valence-electron chi connectivity index (χ3n) is 3.33. The van der Waals surface area contributed by atoms with E-state index in [1.165, 1.54) is 19.3 Å². The van der Waals surface area contributed by atoms with Gasteiger partial charge in [-0.3, -0.25) is 14.9 Å². The lowest BCUT2D eigenvalue weighted by molar-refractivity contribution is -0.387. The number of amides is 1. The van der Waals surface area contributed by atoms with E-state index in [1.807, 2.05) is 6.92 Å². The lowest BCUT2D eigenvalue weighted by Gasteiger charge is -2.09. The van der Waals surface area contributed by atoms with Crippen molar-refractivity contribution in [3.63, 3.8) is 0 Å². The maximum atomic E-state index is 13.3. The molecule has 2 aromatic carbocycles. The summed E-state index contributed by atoms with van der Waals surface area (Å²) in [6.45, 7) is 2.36. The molecule has 0 spiro atoms. The zero-order chi connectivity index (χ0) is 19.1. The van der Waals surface area contributed by atoms with Crippen molar-refractivity contribution >= 4 is 23.4 Å². The average Bonchev–Trinajstić information content (AvgIpc) is 2.62. The van der Waals surface area contributed by atoms with E-state index >= 15 is 0 Å². The Morgan fingerprint density at radius 1 is 1.27 bits per heavy atom. The molecule has 2 rings (SSSR count). The molecule has 0 radical (unpaired) electrons. The van der Waals surface area contributed by atoms with Crippen LogP contribution < -0.4 is 14.8 Å². The summed E-state index contributed by atoms with van der Waals surface area (Å²) in [4.78, 5) is 21.8. The van der Waals surface area contributed by atoms with Crippen LogP contribution in [0.3, 0.4) is 0 Å². The number of nitro benzene ring substituents is 1. The maximum Gasteiger partial charge on any atom is 0.306 e. The summed E-state index contributed by atoms with van der Waals surface area (Å²) in [5.41, 5.74) is 0.116. The average molecular weight is 360 g/mol. The van der Waals surface area contributed by atoms with Crippen molar-refractivity contribution in [2.45, 2.75) is 6.92 Å². The van der Waals surface area contributed by atoms with E-state index in [0.29, 0.717) is 23.7 Å². The molecule has 136 valence electrons. The van der Waals surface area contributed by atoms with Crippen LogP contribution in [0.1, 0.15) is 12.5 Å². The Morgan fingerprint density at radius 3 is 2.69 bits per heavy atom. The first-order valence-electron chi connectivity index (χ1n) is 7.68.